The summed E-state index contributed by atoms with van der Waals surface area (Å²) >= 11 is 1.41. The summed E-state index contributed by atoms with van der Waals surface area (Å²) in [4.78, 5) is 10.8. The van der Waals surface area contributed by atoms with Gasteiger partial charge in [-0.25, -0.2) is 9.50 Å². The number of aryl methyl sites for hydroxylation is 1. The number of fused-ring (bicyclic) bond motifs is 1. The molecule has 0 aromatic carbocycles. The predicted octanol–water partition coefficient (Wildman–Crippen LogP) is -1.93. The fourth-order valence-corrected chi connectivity index (χ4v) is 2.27. The summed E-state index contributed by atoms with van der Waals surface area (Å²) in [5.41, 5.74) is 1.44. The molecule has 0 aliphatic heterocycles. The molecule has 2 aromatic rings. The maximum absolute atomic E-state index is 12.4. The van der Waals surface area contributed by atoms with E-state index in [0.29, 0.717) is 23.0 Å². The van der Waals surface area contributed by atoms with E-state index in [-0.39, 0.29) is 35.4 Å². The van der Waals surface area contributed by atoms with E-state index in [4.69, 9.17) is 0 Å². The van der Waals surface area contributed by atoms with Crippen molar-refractivity contribution in [3.05, 3.63) is 11.3 Å². The van der Waals surface area contributed by atoms with E-state index >= 15 is 0 Å². The van der Waals surface area contributed by atoms with Crippen LogP contribution in [-0.4, -0.2) is 43.8 Å². The Hall–Kier alpha value is -0.340. The van der Waals surface area contributed by atoms with Crippen LogP contribution in [0.3, 0.4) is 0 Å². The van der Waals surface area contributed by atoms with Gasteiger partial charge >= 0.3 is 29.6 Å². The molecule has 0 radical (unpaired) electrons. The van der Waals surface area contributed by atoms with Gasteiger partial charge in [0.15, 0.2) is 0 Å². The molecule has 0 spiro atoms. The van der Waals surface area contributed by atoms with Crippen LogP contribution in [0.5, 0.6) is 5.88 Å². The van der Waals surface area contributed by atoms with Gasteiger partial charge < -0.3 is 5.11 Å². The first-order chi connectivity index (χ1) is 9.10. The van der Waals surface area contributed by atoms with Crippen molar-refractivity contribution in [3.63, 3.8) is 0 Å². The van der Waals surface area contributed by atoms with Crippen LogP contribution in [0.1, 0.15) is 25.1 Å². The van der Waals surface area contributed by atoms with Crippen molar-refractivity contribution in [1.29, 1.82) is 0 Å². The molecule has 104 valence electrons. The zero-order valence-electron chi connectivity index (χ0n) is 12.7. The van der Waals surface area contributed by atoms with Crippen LogP contribution in [0, 0.1) is 6.92 Å². The number of hydrogen-bond acceptors (Lipinski definition) is 6. The molecule has 0 saturated heterocycles. The second kappa shape index (κ2) is 7.61. The maximum atomic E-state index is 12.4. The molecule has 0 aliphatic rings. The average molecular weight is 303 g/mol. The van der Waals surface area contributed by atoms with Crippen molar-refractivity contribution in [2.24, 2.45) is 0 Å². The summed E-state index contributed by atoms with van der Waals surface area (Å²) < 4.78 is 1.30. The normalized spacial score (nSPS) is 11.1. The van der Waals surface area contributed by atoms with Crippen LogP contribution >= 0.6 is 11.8 Å². The molecule has 2 aromatic heterocycles. The zero-order chi connectivity index (χ0) is 14.0. The smallest absolute Gasteiger partial charge is 0.858 e. The van der Waals surface area contributed by atoms with Crippen molar-refractivity contribution in [2.45, 2.75) is 32.5 Å². The monoisotopic (exact) mass is 303 g/mol. The molecule has 0 saturated carbocycles. The Labute approximate surface area is 145 Å². The van der Waals surface area contributed by atoms with E-state index in [9.17, 15) is 5.11 Å². The van der Waals surface area contributed by atoms with Gasteiger partial charge in [-0.3, -0.25) is 4.90 Å². The van der Waals surface area contributed by atoms with Crippen LogP contribution in [0.15, 0.2) is 5.16 Å². The molecular weight excluding hydrogens is 285 g/mol. The van der Waals surface area contributed by atoms with E-state index in [2.05, 4.69) is 33.8 Å². The number of thioether (sulfide) groups is 1. The van der Waals surface area contributed by atoms with Gasteiger partial charge in [0.1, 0.15) is 0 Å². The fourth-order valence-electron chi connectivity index (χ4n) is 1.93. The summed E-state index contributed by atoms with van der Waals surface area (Å²) in [6, 6.07) is 0. The first kappa shape index (κ1) is 17.7. The van der Waals surface area contributed by atoms with Crippen molar-refractivity contribution in [3.8, 4) is 5.88 Å². The molecule has 2 heterocycles. The van der Waals surface area contributed by atoms with Crippen molar-refractivity contribution in [2.75, 3.05) is 19.3 Å². The molecular formula is C12H18N5NaOS. The predicted molar refractivity (Wildman–Crippen MR) is 73.4 cm³/mol. The van der Waals surface area contributed by atoms with Gasteiger partial charge in [-0.05, 0) is 37.7 Å². The van der Waals surface area contributed by atoms with Gasteiger partial charge in [0.25, 0.3) is 5.78 Å². The van der Waals surface area contributed by atoms with E-state index < -0.39 is 0 Å². The standard InChI is InChI=1S/C12H19N5OS.Na/c1-5-16(6-2)7-9-8(3)13-11-14-12(19-4)15-17(11)10(9)18;/h18H,5-7H2,1-4H3;/q;+1/p-1. The van der Waals surface area contributed by atoms with Crippen molar-refractivity contribution < 1.29 is 34.7 Å². The minimum absolute atomic E-state index is 0. The van der Waals surface area contributed by atoms with Gasteiger partial charge in [-0.15, -0.1) is 5.10 Å². The van der Waals surface area contributed by atoms with E-state index in [1.165, 1.54) is 16.3 Å². The van der Waals surface area contributed by atoms with Crippen LogP contribution in [0.25, 0.3) is 5.78 Å². The van der Waals surface area contributed by atoms with Crippen LogP contribution in [-0.2, 0) is 6.54 Å². The summed E-state index contributed by atoms with van der Waals surface area (Å²) in [5.74, 6) is 0.275. The molecule has 20 heavy (non-hydrogen) atoms. The van der Waals surface area contributed by atoms with E-state index in [1.54, 1.807) is 0 Å². The second-order valence-corrected chi connectivity index (χ2v) is 5.03. The third kappa shape index (κ3) is 3.46. The topological polar surface area (TPSA) is 69.4 Å². The minimum Gasteiger partial charge on any atom is -0.858 e. The second-order valence-electron chi connectivity index (χ2n) is 4.25. The van der Waals surface area contributed by atoms with Crippen molar-refractivity contribution in [1.82, 2.24) is 24.5 Å². The number of nitrogens with zero attached hydrogens (tertiary/aromatic N) is 5. The molecule has 0 fully saturated rings. The Kier molecular flexibility index (Phi) is 6.74. The van der Waals surface area contributed by atoms with E-state index in [0.717, 1.165) is 18.8 Å². The third-order valence-corrected chi connectivity index (χ3v) is 3.72. The fraction of sp³-hybridized carbons (Fsp3) is 0.583. The van der Waals surface area contributed by atoms with Gasteiger partial charge in [0, 0.05) is 12.2 Å². The molecule has 0 atom stereocenters. The SMILES string of the molecule is CCN(CC)Cc1c(C)nc2nc(SC)nn2c1[O-].[Na+]. The molecule has 6 nitrogen and oxygen atoms in total. The molecule has 0 N–H and O–H groups in total. The molecule has 8 heteroatoms. The molecule has 0 unspecified atom stereocenters. The van der Waals surface area contributed by atoms with Crippen LogP contribution in [0.4, 0.5) is 0 Å². The summed E-state index contributed by atoms with van der Waals surface area (Å²) in [7, 11) is 0. The third-order valence-electron chi connectivity index (χ3n) is 3.18. The Balaban J connectivity index is 0.00000200. The van der Waals surface area contributed by atoms with Gasteiger partial charge in [0.05, 0.1) is 0 Å². The van der Waals surface area contributed by atoms with Crippen molar-refractivity contribution >= 4 is 17.5 Å². The average Bonchev–Trinajstić information content (AvgIpc) is 2.82. The van der Waals surface area contributed by atoms with Crippen LogP contribution in [0.2, 0.25) is 0 Å². The van der Waals surface area contributed by atoms with E-state index in [1.807, 2.05) is 13.2 Å². The number of aromatic nitrogens is 4. The molecule has 2 rings (SSSR count). The summed E-state index contributed by atoms with van der Waals surface area (Å²) in [6.07, 6.45) is 1.88. The van der Waals surface area contributed by atoms with Crippen LogP contribution < -0.4 is 34.7 Å². The first-order valence-electron chi connectivity index (χ1n) is 6.30. The Morgan fingerprint density at radius 1 is 1.25 bits per heavy atom. The molecule has 0 aliphatic carbocycles. The van der Waals surface area contributed by atoms with Gasteiger partial charge in [-0.1, -0.05) is 25.6 Å². The summed E-state index contributed by atoms with van der Waals surface area (Å²) in [5, 5.41) is 17.2. The maximum Gasteiger partial charge on any atom is 1.00 e. The number of hydrogen-bond donors (Lipinski definition) is 0. The first-order valence-corrected chi connectivity index (χ1v) is 7.52. The number of rotatable bonds is 5. The summed E-state index contributed by atoms with van der Waals surface area (Å²) in [6.45, 7) is 8.43. The Morgan fingerprint density at radius 3 is 2.45 bits per heavy atom. The zero-order valence-corrected chi connectivity index (χ0v) is 15.5. The minimum atomic E-state index is -0.109. The molecule has 0 bridgehead atoms. The molecule has 0 amide bonds. The Morgan fingerprint density at radius 2 is 1.90 bits per heavy atom. The largest absolute Gasteiger partial charge is 1.00 e. The van der Waals surface area contributed by atoms with Gasteiger partial charge in [-0.2, -0.15) is 4.98 Å². The quantitative estimate of drug-likeness (QED) is 0.473. The Bertz CT molecular complexity index is 585. The van der Waals surface area contributed by atoms with Gasteiger partial charge in [0.2, 0.25) is 5.16 Å².